The Morgan fingerprint density at radius 3 is 2.14 bits per heavy atom. The summed E-state index contributed by atoms with van der Waals surface area (Å²) in [4.78, 5) is 4.88. The van der Waals surface area contributed by atoms with Gasteiger partial charge in [0, 0.05) is 18.7 Å². The largest absolute Gasteiger partial charge is 0.493 e. The fourth-order valence-electron chi connectivity index (χ4n) is 4.80. The Morgan fingerprint density at radius 2 is 1.56 bits per heavy atom. The SMILES string of the molecule is COc1cc(C2=Nc3c(c(C)nn3-c3ccccc3)[P@](=O)(N3CCCCCC3)O2)cc(OC)c1OC. The zero-order chi connectivity index (χ0) is 25.3. The first kappa shape index (κ1) is 24.4. The molecule has 0 spiro atoms. The maximum Gasteiger partial charge on any atom is 0.356 e. The molecule has 5 rings (SSSR count). The van der Waals surface area contributed by atoms with Gasteiger partial charge in [-0.25, -0.2) is 9.35 Å². The van der Waals surface area contributed by atoms with Gasteiger partial charge in [0.15, 0.2) is 17.3 Å². The van der Waals surface area contributed by atoms with E-state index >= 15 is 0 Å². The summed E-state index contributed by atoms with van der Waals surface area (Å²) in [7, 11) is 1.13. The molecule has 1 fully saturated rings. The molecule has 36 heavy (non-hydrogen) atoms. The van der Waals surface area contributed by atoms with Crippen molar-refractivity contribution in [3.05, 3.63) is 53.7 Å². The molecule has 2 aromatic carbocycles. The standard InChI is InChI=1S/C26H31N4O5P/c1-18-24-25(30(28-18)20-12-8-7-9-13-20)27-26(35-36(24,31)29-14-10-5-6-11-15-29)19-16-21(32-2)23(34-4)22(17-19)33-3/h7-9,12-13,16-17H,5-6,10-11,14-15H2,1-4H3/t36-/m1/s1. The molecule has 0 saturated carbocycles. The van der Waals surface area contributed by atoms with Gasteiger partial charge >= 0.3 is 7.52 Å². The molecular weight excluding hydrogens is 479 g/mol. The first-order valence-electron chi connectivity index (χ1n) is 12.1. The van der Waals surface area contributed by atoms with E-state index < -0.39 is 7.52 Å². The number of nitrogens with zero attached hydrogens (tertiary/aromatic N) is 4. The molecule has 1 aromatic heterocycles. The number of fused-ring (bicyclic) bond motifs is 1. The Hall–Kier alpha value is -3.29. The van der Waals surface area contributed by atoms with Crippen molar-refractivity contribution in [1.29, 1.82) is 0 Å². The van der Waals surface area contributed by atoms with Gasteiger partial charge in [0.2, 0.25) is 11.6 Å². The van der Waals surface area contributed by atoms with E-state index in [1.807, 2.05) is 41.9 Å². The Labute approximate surface area is 211 Å². The minimum atomic E-state index is -3.53. The molecule has 0 bridgehead atoms. The number of methoxy groups -OCH3 is 3. The minimum absolute atomic E-state index is 0.228. The van der Waals surface area contributed by atoms with Gasteiger partial charge in [-0.2, -0.15) is 10.1 Å². The number of benzene rings is 2. The summed E-state index contributed by atoms with van der Waals surface area (Å²) in [6, 6.07) is 13.2. The van der Waals surface area contributed by atoms with E-state index in [4.69, 9.17) is 28.8 Å². The summed E-state index contributed by atoms with van der Waals surface area (Å²) in [5, 5.41) is 5.32. The second-order valence-corrected chi connectivity index (χ2v) is 11.1. The lowest BCUT2D eigenvalue weighted by atomic mass is 10.1. The van der Waals surface area contributed by atoms with Gasteiger partial charge in [-0.3, -0.25) is 4.57 Å². The topological polar surface area (TPSA) is 87.4 Å². The van der Waals surface area contributed by atoms with E-state index in [1.54, 1.807) is 38.1 Å². The zero-order valence-corrected chi connectivity index (χ0v) is 22.0. The highest BCUT2D eigenvalue weighted by Crippen LogP contribution is 2.57. The van der Waals surface area contributed by atoms with Crippen molar-refractivity contribution in [3.63, 3.8) is 0 Å². The summed E-state index contributed by atoms with van der Waals surface area (Å²) in [5.74, 6) is 2.12. The van der Waals surface area contributed by atoms with Crippen molar-refractivity contribution in [2.45, 2.75) is 32.6 Å². The molecular formula is C26H31N4O5P. The Balaban J connectivity index is 1.73. The molecule has 190 valence electrons. The Bertz CT molecular complexity index is 1300. The quantitative estimate of drug-likeness (QED) is 0.431. The van der Waals surface area contributed by atoms with Crippen molar-refractivity contribution in [2.75, 3.05) is 34.4 Å². The van der Waals surface area contributed by atoms with E-state index in [0.717, 1.165) is 31.4 Å². The van der Waals surface area contributed by atoms with Crippen LogP contribution in [-0.2, 0) is 9.09 Å². The second-order valence-electron chi connectivity index (χ2n) is 8.82. The van der Waals surface area contributed by atoms with Gasteiger partial charge in [0.25, 0.3) is 0 Å². The molecule has 0 radical (unpaired) electrons. The predicted molar refractivity (Wildman–Crippen MR) is 139 cm³/mol. The van der Waals surface area contributed by atoms with E-state index in [1.165, 1.54) is 0 Å². The lowest BCUT2D eigenvalue weighted by molar-refractivity contribution is 0.324. The highest BCUT2D eigenvalue weighted by molar-refractivity contribution is 7.65. The molecule has 0 aliphatic carbocycles. The van der Waals surface area contributed by atoms with Crippen molar-refractivity contribution >= 4 is 24.5 Å². The lowest BCUT2D eigenvalue weighted by Crippen LogP contribution is -2.33. The zero-order valence-electron chi connectivity index (χ0n) is 21.1. The average molecular weight is 511 g/mol. The summed E-state index contributed by atoms with van der Waals surface area (Å²) < 4.78 is 41.7. The van der Waals surface area contributed by atoms with Crippen LogP contribution in [0.3, 0.4) is 0 Å². The van der Waals surface area contributed by atoms with Gasteiger partial charge in [-0.1, -0.05) is 31.0 Å². The lowest BCUT2D eigenvalue weighted by Gasteiger charge is -2.33. The van der Waals surface area contributed by atoms with Crippen molar-refractivity contribution in [1.82, 2.24) is 14.5 Å². The van der Waals surface area contributed by atoms with Crippen LogP contribution in [0.5, 0.6) is 17.2 Å². The fraction of sp³-hybridized carbons (Fsp3) is 0.385. The molecule has 3 aromatic rings. The molecule has 0 unspecified atom stereocenters. The number of aliphatic imine (C=N–C) groups is 1. The van der Waals surface area contributed by atoms with E-state index in [-0.39, 0.29) is 5.90 Å². The van der Waals surface area contributed by atoms with Crippen molar-refractivity contribution in [3.8, 4) is 22.9 Å². The van der Waals surface area contributed by atoms with Gasteiger partial charge in [-0.15, -0.1) is 0 Å². The maximum atomic E-state index is 14.9. The number of aromatic nitrogens is 2. The van der Waals surface area contributed by atoms with E-state index in [0.29, 0.717) is 52.7 Å². The molecule has 10 heteroatoms. The second kappa shape index (κ2) is 9.99. The summed E-state index contributed by atoms with van der Waals surface area (Å²) in [6.07, 6.45) is 4.15. The highest BCUT2D eigenvalue weighted by Gasteiger charge is 2.46. The molecule has 1 saturated heterocycles. The third kappa shape index (κ3) is 4.16. The number of para-hydroxylation sites is 1. The molecule has 3 heterocycles. The van der Waals surface area contributed by atoms with Crippen LogP contribution in [0, 0.1) is 6.92 Å². The van der Waals surface area contributed by atoms with Crippen LogP contribution >= 0.6 is 7.52 Å². The van der Waals surface area contributed by atoms with Crippen LogP contribution in [0.15, 0.2) is 47.5 Å². The van der Waals surface area contributed by atoms with Crippen molar-refractivity contribution in [2.24, 2.45) is 4.99 Å². The summed E-state index contributed by atoms with van der Waals surface area (Å²) in [5.41, 5.74) is 2.05. The summed E-state index contributed by atoms with van der Waals surface area (Å²) >= 11 is 0. The number of aryl methyl sites for hydroxylation is 1. The first-order chi connectivity index (χ1) is 17.5. The highest BCUT2D eigenvalue weighted by atomic mass is 31.2. The predicted octanol–water partition coefficient (Wildman–Crippen LogP) is 5.01. The van der Waals surface area contributed by atoms with Crippen LogP contribution in [0.2, 0.25) is 0 Å². The smallest absolute Gasteiger partial charge is 0.356 e. The molecule has 2 aliphatic rings. The average Bonchev–Trinajstić information content (AvgIpc) is 3.07. The number of rotatable bonds is 6. The van der Waals surface area contributed by atoms with Gasteiger partial charge in [0.1, 0.15) is 5.30 Å². The first-order valence-corrected chi connectivity index (χ1v) is 13.7. The summed E-state index contributed by atoms with van der Waals surface area (Å²) in [6.45, 7) is 3.25. The fourth-order valence-corrected chi connectivity index (χ4v) is 7.34. The van der Waals surface area contributed by atoms with E-state index in [9.17, 15) is 4.57 Å². The van der Waals surface area contributed by atoms with Gasteiger partial charge < -0.3 is 18.7 Å². The number of hydrogen-bond acceptors (Lipinski definition) is 7. The molecule has 2 aliphatic heterocycles. The van der Waals surface area contributed by atoms with Crippen LogP contribution in [0.25, 0.3) is 5.69 Å². The Morgan fingerprint density at radius 1 is 0.917 bits per heavy atom. The van der Waals surface area contributed by atoms with Gasteiger partial charge in [0.05, 0.1) is 32.7 Å². The molecule has 9 nitrogen and oxygen atoms in total. The monoisotopic (exact) mass is 510 g/mol. The molecule has 0 N–H and O–H groups in total. The van der Waals surface area contributed by atoms with Crippen LogP contribution in [0.4, 0.5) is 5.82 Å². The third-order valence-corrected chi connectivity index (χ3v) is 9.23. The third-order valence-electron chi connectivity index (χ3n) is 6.57. The number of ether oxygens (including phenoxy) is 3. The van der Waals surface area contributed by atoms with Gasteiger partial charge in [-0.05, 0) is 44.0 Å². The molecule has 0 amide bonds. The number of hydrogen-bond donors (Lipinski definition) is 0. The van der Waals surface area contributed by atoms with E-state index in [2.05, 4.69) is 0 Å². The van der Waals surface area contributed by atoms with Crippen LogP contribution in [-0.4, -0.2) is 54.8 Å². The van der Waals surface area contributed by atoms with Crippen LogP contribution < -0.4 is 19.5 Å². The van der Waals surface area contributed by atoms with Crippen molar-refractivity contribution < 1.29 is 23.3 Å². The van der Waals surface area contributed by atoms with Crippen LogP contribution in [0.1, 0.15) is 36.9 Å². The molecule has 1 atom stereocenters. The maximum absolute atomic E-state index is 14.9. The Kier molecular flexibility index (Phi) is 6.77. The minimum Gasteiger partial charge on any atom is -0.493 e. The normalized spacial score (nSPS) is 20.1.